The zero-order valence-electron chi connectivity index (χ0n) is 11.8. The highest BCUT2D eigenvalue weighted by atomic mass is 79.9. The summed E-state index contributed by atoms with van der Waals surface area (Å²) in [6.07, 6.45) is 4.54. The van der Waals surface area contributed by atoms with Crippen LogP contribution in [0.15, 0.2) is 22.9 Å². The Kier molecular flexibility index (Phi) is 3.22. The third-order valence-electron chi connectivity index (χ3n) is 3.80. The maximum Gasteiger partial charge on any atom is 0.166 e. The lowest BCUT2D eigenvalue weighted by Gasteiger charge is -2.28. The number of nitriles is 1. The molecule has 1 aliphatic carbocycles. The topological polar surface area (TPSA) is 69.5 Å². The van der Waals surface area contributed by atoms with Crippen molar-refractivity contribution < 1.29 is 4.79 Å². The predicted molar refractivity (Wildman–Crippen MR) is 82.9 cm³/mol. The third kappa shape index (κ3) is 2.30. The van der Waals surface area contributed by atoms with Crippen LogP contribution in [0.2, 0.25) is 0 Å². The first-order valence-corrected chi connectivity index (χ1v) is 7.50. The van der Waals surface area contributed by atoms with E-state index in [-0.39, 0.29) is 11.2 Å². The Morgan fingerprint density at radius 3 is 2.90 bits per heavy atom. The number of fused-ring (bicyclic) bond motifs is 1. The molecular formula is C16H14BrN3O. The van der Waals surface area contributed by atoms with Crippen LogP contribution >= 0.6 is 15.9 Å². The highest BCUT2D eigenvalue weighted by Crippen LogP contribution is 2.42. The number of carbonyl (C=O) groups excluding carboxylic acids is 1. The summed E-state index contributed by atoms with van der Waals surface area (Å²) >= 11 is 3.53. The first-order valence-electron chi connectivity index (χ1n) is 6.71. The second kappa shape index (κ2) is 4.81. The van der Waals surface area contributed by atoms with Crippen LogP contribution in [0.3, 0.4) is 0 Å². The van der Waals surface area contributed by atoms with Crippen LogP contribution in [0, 0.1) is 16.7 Å². The second-order valence-corrected chi connectivity index (χ2v) is 6.93. The lowest BCUT2D eigenvalue weighted by atomic mass is 9.76. The SMILES string of the molecule is CC1(C)CC(=O)c2c([nH]c(-c3ccncc3C#N)c2Br)C1. The Morgan fingerprint density at radius 1 is 1.43 bits per heavy atom. The summed E-state index contributed by atoms with van der Waals surface area (Å²) in [6, 6.07) is 3.93. The smallest absolute Gasteiger partial charge is 0.166 e. The summed E-state index contributed by atoms with van der Waals surface area (Å²) in [5, 5.41) is 9.22. The number of nitrogens with zero attached hydrogens (tertiary/aromatic N) is 2. The molecule has 0 spiro atoms. The summed E-state index contributed by atoms with van der Waals surface area (Å²) in [6.45, 7) is 4.19. The van der Waals surface area contributed by atoms with Crippen LogP contribution in [-0.2, 0) is 6.42 Å². The highest BCUT2D eigenvalue weighted by molar-refractivity contribution is 9.10. The van der Waals surface area contributed by atoms with Gasteiger partial charge in [0.25, 0.3) is 0 Å². The Morgan fingerprint density at radius 2 is 2.19 bits per heavy atom. The van der Waals surface area contributed by atoms with Gasteiger partial charge in [0, 0.05) is 30.1 Å². The normalized spacial score (nSPS) is 16.4. The van der Waals surface area contributed by atoms with E-state index >= 15 is 0 Å². The van der Waals surface area contributed by atoms with Crippen molar-refractivity contribution in [3.63, 3.8) is 0 Å². The van der Waals surface area contributed by atoms with Crippen molar-refractivity contribution in [1.29, 1.82) is 5.26 Å². The van der Waals surface area contributed by atoms with Gasteiger partial charge in [-0.1, -0.05) is 13.8 Å². The van der Waals surface area contributed by atoms with Gasteiger partial charge in [-0.15, -0.1) is 0 Å². The molecule has 2 heterocycles. The van der Waals surface area contributed by atoms with E-state index in [2.05, 4.69) is 45.8 Å². The van der Waals surface area contributed by atoms with Crippen molar-refractivity contribution in [2.24, 2.45) is 5.41 Å². The number of hydrogen-bond donors (Lipinski definition) is 1. The molecule has 0 saturated carbocycles. The molecule has 0 fully saturated rings. The number of H-pyrrole nitrogens is 1. The molecule has 106 valence electrons. The van der Waals surface area contributed by atoms with E-state index in [1.165, 1.54) is 6.20 Å². The van der Waals surface area contributed by atoms with E-state index in [1.54, 1.807) is 12.3 Å². The van der Waals surface area contributed by atoms with Gasteiger partial charge < -0.3 is 4.98 Å². The molecule has 2 aromatic rings. The van der Waals surface area contributed by atoms with Gasteiger partial charge in [0.2, 0.25) is 0 Å². The minimum Gasteiger partial charge on any atom is -0.357 e. The van der Waals surface area contributed by atoms with E-state index in [4.69, 9.17) is 0 Å². The number of nitrogens with one attached hydrogen (secondary N) is 1. The first-order chi connectivity index (χ1) is 9.93. The summed E-state index contributed by atoms with van der Waals surface area (Å²) in [5.41, 5.74) is 3.67. The number of halogens is 1. The number of ketones is 1. The average Bonchev–Trinajstić information content (AvgIpc) is 2.74. The van der Waals surface area contributed by atoms with Crippen molar-refractivity contribution in [2.75, 3.05) is 0 Å². The Labute approximate surface area is 131 Å². The number of rotatable bonds is 1. The highest BCUT2D eigenvalue weighted by Gasteiger charge is 2.35. The van der Waals surface area contributed by atoms with Crippen molar-refractivity contribution in [3.8, 4) is 17.3 Å². The second-order valence-electron chi connectivity index (χ2n) is 6.14. The summed E-state index contributed by atoms with van der Waals surface area (Å²) in [4.78, 5) is 19.7. The molecule has 4 nitrogen and oxygen atoms in total. The molecule has 0 atom stereocenters. The Bertz CT molecular complexity index is 783. The first kappa shape index (κ1) is 14.0. The molecular weight excluding hydrogens is 330 g/mol. The maximum atomic E-state index is 12.4. The van der Waals surface area contributed by atoms with E-state index < -0.39 is 0 Å². The number of pyridine rings is 1. The van der Waals surface area contributed by atoms with Gasteiger partial charge in [-0.25, -0.2) is 0 Å². The zero-order valence-corrected chi connectivity index (χ0v) is 13.4. The van der Waals surface area contributed by atoms with Gasteiger partial charge in [0.1, 0.15) is 6.07 Å². The van der Waals surface area contributed by atoms with Crippen molar-refractivity contribution in [1.82, 2.24) is 9.97 Å². The van der Waals surface area contributed by atoms with Crippen molar-refractivity contribution >= 4 is 21.7 Å². The number of aromatic amines is 1. The van der Waals surface area contributed by atoms with Gasteiger partial charge in [0.15, 0.2) is 5.78 Å². The molecule has 3 rings (SSSR count). The Balaban J connectivity index is 2.20. The fraction of sp³-hybridized carbons (Fsp3) is 0.312. The van der Waals surface area contributed by atoms with E-state index in [0.717, 1.165) is 33.4 Å². The monoisotopic (exact) mass is 343 g/mol. The molecule has 0 saturated heterocycles. The number of aromatic nitrogens is 2. The molecule has 0 aromatic carbocycles. The quantitative estimate of drug-likeness (QED) is 0.854. The van der Waals surface area contributed by atoms with Crippen LogP contribution in [0.25, 0.3) is 11.3 Å². The Hall–Kier alpha value is -1.93. The third-order valence-corrected chi connectivity index (χ3v) is 4.59. The molecule has 0 unspecified atom stereocenters. The molecule has 5 heteroatoms. The zero-order chi connectivity index (χ0) is 15.2. The standard InChI is InChI=1S/C16H14BrN3O/c1-16(2)5-11-13(12(21)6-16)14(17)15(20-11)10-3-4-19-8-9(10)7-18/h3-4,8,20H,5-6H2,1-2H3. The molecule has 0 radical (unpaired) electrons. The van der Waals surface area contributed by atoms with Crippen LogP contribution in [0.4, 0.5) is 0 Å². The van der Waals surface area contributed by atoms with Gasteiger partial charge in [-0.2, -0.15) is 5.26 Å². The molecule has 0 bridgehead atoms. The molecule has 0 aliphatic heterocycles. The van der Waals surface area contributed by atoms with Crippen LogP contribution in [0.1, 0.15) is 41.9 Å². The molecule has 0 amide bonds. The van der Waals surface area contributed by atoms with E-state index in [9.17, 15) is 10.1 Å². The molecule has 21 heavy (non-hydrogen) atoms. The number of carbonyl (C=O) groups is 1. The fourth-order valence-corrected chi connectivity index (χ4v) is 3.67. The summed E-state index contributed by atoms with van der Waals surface area (Å²) < 4.78 is 0.751. The van der Waals surface area contributed by atoms with E-state index in [0.29, 0.717) is 12.0 Å². The number of Topliss-reactive ketones (excluding diaryl/α,β-unsaturated/α-hetero) is 1. The van der Waals surface area contributed by atoms with Crippen molar-refractivity contribution in [2.45, 2.75) is 26.7 Å². The minimum atomic E-state index is -0.0397. The molecule has 1 aliphatic rings. The number of hydrogen-bond acceptors (Lipinski definition) is 3. The predicted octanol–water partition coefficient (Wildman–Crippen LogP) is 3.87. The van der Waals surface area contributed by atoms with Crippen LogP contribution in [-0.4, -0.2) is 15.8 Å². The largest absolute Gasteiger partial charge is 0.357 e. The maximum absolute atomic E-state index is 12.4. The summed E-state index contributed by atoms with van der Waals surface area (Å²) in [7, 11) is 0. The van der Waals surface area contributed by atoms with Gasteiger partial charge in [-0.05, 0) is 33.8 Å². The lowest BCUT2D eigenvalue weighted by Crippen LogP contribution is -2.26. The molecule has 1 N–H and O–H groups in total. The summed E-state index contributed by atoms with van der Waals surface area (Å²) in [5.74, 6) is 0.142. The molecule has 2 aromatic heterocycles. The van der Waals surface area contributed by atoms with E-state index in [1.807, 2.05) is 0 Å². The van der Waals surface area contributed by atoms with Crippen molar-refractivity contribution in [3.05, 3.63) is 39.8 Å². The average molecular weight is 344 g/mol. The van der Waals surface area contributed by atoms with Gasteiger partial charge >= 0.3 is 0 Å². The lowest BCUT2D eigenvalue weighted by molar-refractivity contribution is 0.0911. The van der Waals surface area contributed by atoms with Crippen LogP contribution < -0.4 is 0 Å². The fourth-order valence-electron chi connectivity index (χ4n) is 2.90. The van der Waals surface area contributed by atoms with Crippen LogP contribution in [0.5, 0.6) is 0 Å². The van der Waals surface area contributed by atoms with Gasteiger partial charge in [0.05, 0.1) is 21.3 Å². The van der Waals surface area contributed by atoms with Gasteiger partial charge in [-0.3, -0.25) is 9.78 Å². The minimum absolute atomic E-state index is 0.0397.